The van der Waals surface area contributed by atoms with Gasteiger partial charge in [0.05, 0.1) is 12.2 Å². The van der Waals surface area contributed by atoms with Crippen LogP contribution in [-0.2, 0) is 9.47 Å². The van der Waals surface area contributed by atoms with Gasteiger partial charge in [0.2, 0.25) is 0 Å². The van der Waals surface area contributed by atoms with Gasteiger partial charge in [0.15, 0.2) is 0 Å². The standard InChI is InChI=1S/C18H18Br2N2O2/c19-13-5-1-11(2-6-13)17-21-9-16-15(23-17)10-22-18(24-16)12-3-7-14(20)8-4-12/h1-8,15-18,21-22H,9-10H2/t15-,16-,17+,18+/m0/s1. The van der Waals surface area contributed by atoms with Crippen molar-refractivity contribution in [2.75, 3.05) is 13.1 Å². The molecular weight excluding hydrogens is 436 g/mol. The van der Waals surface area contributed by atoms with E-state index in [2.05, 4.69) is 66.8 Å². The molecule has 2 aromatic carbocycles. The van der Waals surface area contributed by atoms with Crippen LogP contribution in [0.2, 0.25) is 0 Å². The number of ether oxygens (including phenoxy) is 2. The molecule has 0 amide bonds. The van der Waals surface area contributed by atoms with E-state index in [1.54, 1.807) is 0 Å². The van der Waals surface area contributed by atoms with E-state index in [1.807, 2.05) is 24.3 Å². The minimum atomic E-state index is -0.0889. The Hall–Kier alpha value is -0.760. The highest BCUT2D eigenvalue weighted by atomic mass is 79.9. The molecule has 0 unspecified atom stereocenters. The number of hydrogen-bond donors (Lipinski definition) is 2. The van der Waals surface area contributed by atoms with Crippen molar-refractivity contribution >= 4 is 31.9 Å². The minimum Gasteiger partial charge on any atom is -0.352 e. The van der Waals surface area contributed by atoms with Crippen molar-refractivity contribution < 1.29 is 9.47 Å². The predicted molar refractivity (Wildman–Crippen MR) is 99.5 cm³/mol. The van der Waals surface area contributed by atoms with Crippen molar-refractivity contribution in [1.29, 1.82) is 0 Å². The van der Waals surface area contributed by atoms with Crippen LogP contribution in [0.25, 0.3) is 0 Å². The van der Waals surface area contributed by atoms with Gasteiger partial charge in [0.1, 0.15) is 12.5 Å². The quantitative estimate of drug-likeness (QED) is 0.723. The molecule has 2 aromatic rings. The van der Waals surface area contributed by atoms with E-state index in [0.29, 0.717) is 0 Å². The van der Waals surface area contributed by atoms with Crippen LogP contribution in [0, 0.1) is 0 Å². The molecule has 0 aliphatic carbocycles. The normalized spacial score (nSPS) is 29.9. The molecule has 2 fully saturated rings. The van der Waals surface area contributed by atoms with E-state index >= 15 is 0 Å². The third kappa shape index (κ3) is 3.59. The molecule has 24 heavy (non-hydrogen) atoms. The van der Waals surface area contributed by atoms with Crippen LogP contribution >= 0.6 is 31.9 Å². The summed E-state index contributed by atoms with van der Waals surface area (Å²) in [7, 11) is 0. The number of benzene rings is 2. The highest BCUT2D eigenvalue weighted by molar-refractivity contribution is 9.10. The maximum atomic E-state index is 6.20. The average Bonchev–Trinajstić information content (AvgIpc) is 2.62. The smallest absolute Gasteiger partial charge is 0.134 e. The second-order valence-corrected chi connectivity index (χ2v) is 7.86. The van der Waals surface area contributed by atoms with E-state index in [4.69, 9.17) is 9.47 Å². The molecule has 2 aliphatic heterocycles. The van der Waals surface area contributed by atoms with Crippen LogP contribution in [0.15, 0.2) is 57.5 Å². The lowest BCUT2D eigenvalue weighted by Gasteiger charge is -2.43. The summed E-state index contributed by atoms with van der Waals surface area (Å²) in [6, 6.07) is 16.4. The molecule has 2 saturated heterocycles. The summed E-state index contributed by atoms with van der Waals surface area (Å²) in [6.07, 6.45) is -0.0823. The summed E-state index contributed by atoms with van der Waals surface area (Å²) >= 11 is 6.93. The summed E-state index contributed by atoms with van der Waals surface area (Å²) in [6.45, 7) is 1.56. The Bertz CT molecular complexity index is 632. The lowest BCUT2D eigenvalue weighted by molar-refractivity contribution is -0.194. The molecule has 4 nitrogen and oxygen atoms in total. The third-order valence-corrected chi connectivity index (χ3v) is 5.45. The number of halogens is 2. The van der Waals surface area contributed by atoms with Crippen LogP contribution in [-0.4, -0.2) is 25.3 Å². The molecule has 2 aliphatic rings. The van der Waals surface area contributed by atoms with Gasteiger partial charge in [0.25, 0.3) is 0 Å². The van der Waals surface area contributed by atoms with Gasteiger partial charge < -0.3 is 9.47 Å². The van der Waals surface area contributed by atoms with Crippen molar-refractivity contribution in [3.63, 3.8) is 0 Å². The van der Waals surface area contributed by atoms with Gasteiger partial charge in [-0.2, -0.15) is 0 Å². The highest BCUT2D eigenvalue weighted by Gasteiger charge is 2.37. The van der Waals surface area contributed by atoms with Crippen molar-refractivity contribution in [1.82, 2.24) is 10.6 Å². The molecule has 4 rings (SSSR count). The van der Waals surface area contributed by atoms with Crippen LogP contribution in [0.1, 0.15) is 23.6 Å². The lowest BCUT2D eigenvalue weighted by Crippen LogP contribution is -2.57. The number of rotatable bonds is 2. The van der Waals surface area contributed by atoms with Crippen molar-refractivity contribution in [2.24, 2.45) is 0 Å². The lowest BCUT2D eigenvalue weighted by atomic mass is 10.1. The molecule has 4 atom stereocenters. The highest BCUT2D eigenvalue weighted by Crippen LogP contribution is 2.30. The van der Waals surface area contributed by atoms with Crippen LogP contribution in [0.3, 0.4) is 0 Å². The number of hydrogen-bond acceptors (Lipinski definition) is 4. The van der Waals surface area contributed by atoms with E-state index in [1.165, 1.54) is 0 Å². The number of fused-ring (bicyclic) bond motifs is 1. The van der Waals surface area contributed by atoms with Crippen LogP contribution < -0.4 is 10.6 Å². The van der Waals surface area contributed by atoms with Gasteiger partial charge in [-0.3, -0.25) is 10.6 Å². The largest absolute Gasteiger partial charge is 0.352 e. The molecular formula is C18H18Br2N2O2. The van der Waals surface area contributed by atoms with Gasteiger partial charge in [-0.1, -0.05) is 56.1 Å². The predicted octanol–water partition coefficient (Wildman–Crippen LogP) is 3.89. The van der Waals surface area contributed by atoms with Crippen LogP contribution in [0.4, 0.5) is 0 Å². The second-order valence-electron chi connectivity index (χ2n) is 6.03. The van der Waals surface area contributed by atoms with Gasteiger partial charge in [0, 0.05) is 22.0 Å². The van der Waals surface area contributed by atoms with Crippen molar-refractivity contribution in [3.05, 3.63) is 68.6 Å². The first-order chi connectivity index (χ1) is 11.7. The molecule has 126 valence electrons. The summed E-state index contributed by atoms with van der Waals surface area (Å²) < 4.78 is 14.5. The fraction of sp³-hybridized carbons (Fsp3) is 0.333. The monoisotopic (exact) mass is 452 g/mol. The molecule has 6 heteroatoms. The zero-order valence-electron chi connectivity index (χ0n) is 12.9. The zero-order valence-corrected chi connectivity index (χ0v) is 16.1. The zero-order chi connectivity index (χ0) is 16.5. The Labute approximate surface area is 158 Å². The summed E-state index contributed by atoms with van der Waals surface area (Å²) in [5, 5.41) is 6.87. The topological polar surface area (TPSA) is 42.5 Å². The summed E-state index contributed by atoms with van der Waals surface area (Å²) in [4.78, 5) is 0. The Balaban J connectivity index is 1.41. The molecule has 0 aromatic heterocycles. The Morgan fingerprint density at radius 1 is 0.667 bits per heavy atom. The third-order valence-electron chi connectivity index (χ3n) is 4.39. The molecule has 2 heterocycles. The first-order valence-electron chi connectivity index (χ1n) is 7.98. The van der Waals surface area contributed by atoms with Crippen molar-refractivity contribution in [3.8, 4) is 0 Å². The maximum Gasteiger partial charge on any atom is 0.134 e. The summed E-state index contributed by atoms with van der Waals surface area (Å²) in [5.41, 5.74) is 2.26. The number of nitrogens with one attached hydrogen (secondary N) is 2. The summed E-state index contributed by atoms with van der Waals surface area (Å²) in [5.74, 6) is 0. The van der Waals surface area contributed by atoms with Gasteiger partial charge in [-0.15, -0.1) is 0 Å². The Morgan fingerprint density at radius 3 is 1.42 bits per heavy atom. The average molecular weight is 454 g/mol. The fourth-order valence-electron chi connectivity index (χ4n) is 3.09. The SMILES string of the molecule is Brc1ccc([C@@H]2NC[C@@H]3O[C@H](c4ccc(Br)cc4)NC[C@@H]3O2)cc1. The van der Waals surface area contributed by atoms with E-state index in [0.717, 1.165) is 33.2 Å². The minimum absolute atomic E-state index is 0.0478. The van der Waals surface area contributed by atoms with Crippen molar-refractivity contribution in [2.45, 2.75) is 24.7 Å². The first kappa shape index (κ1) is 16.7. The van der Waals surface area contributed by atoms with Gasteiger partial charge in [-0.25, -0.2) is 0 Å². The Kier molecular flexibility index (Phi) is 5.03. The van der Waals surface area contributed by atoms with E-state index < -0.39 is 0 Å². The van der Waals surface area contributed by atoms with Gasteiger partial charge in [-0.05, 0) is 35.4 Å². The first-order valence-corrected chi connectivity index (χ1v) is 9.56. The molecule has 0 bridgehead atoms. The molecule has 0 saturated carbocycles. The maximum absolute atomic E-state index is 6.20. The molecule has 0 spiro atoms. The Morgan fingerprint density at radius 2 is 1.04 bits per heavy atom. The molecule has 2 N–H and O–H groups in total. The van der Waals surface area contributed by atoms with E-state index in [-0.39, 0.29) is 24.7 Å². The van der Waals surface area contributed by atoms with Gasteiger partial charge >= 0.3 is 0 Å². The van der Waals surface area contributed by atoms with E-state index in [9.17, 15) is 0 Å². The second kappa shape index (κ2) is 7.23. The van der Waals surface area contributed by atoms with Crippen LogP contribution in [0.5, 0.6) is 0 Å². The fourth-order valence-corrected chi connectivity index (χ4v) is 3.62. The molecule has 0 radical (unpaired) electrons.